The lowest BCUT2D eigenvalue weighted by atomic mass is 9.20. The third-order valence-corrected chi connectivity index (χ3v) is 17.7. The van der Waals surface area contributed by atoms with Crippen LogP contribution in [0.5, 0.6) is 0 Å². The Kier molecular flexibility index (Phi) is 14.2. The van der Waals surface area contributed by atoms with Crippen LogP contribution in [0.2, 0.25) is 0 Å². The summed E-state index contributed by atoms with van der Waals surface area (Å²) in [6.45, 7) is 33.3. The van der Waals surface area contributed by atoms with E-state index in [1.165, 1.54) is 122 Å². The van der Waals surface area contributed by atoms with Crippen molar-refractivity contribution in [2.45, 2.75) is 138 Å². The lowest BCUT2D eigenvalue weighted by Gasteiger charge is -2.47. The minimum absolute atomic E-state index is 0.0605. The molecule has 0 amide bonds. The van der Waals surface area contributed by atoms with E-state index in [0.29, 0.717) is 35.5 Å². The molecule has 78 heavy (non-hydrogen) atoms. The van der Waals surface area contributed by atoms with Gasteiger partial charge in [-0.3, -0.25) is 0 Å². The average Bonchev–Trinajstić information content (AvgIpc) is 3.42. The molecule has 0 bridgehead atoms. The molecule has 0 aromatic heterocycles. The highest BCUT2D eigenvalue weighted by Gasteiger charge is 2.47. The van der Waals surface area contributed by atoms with Gasteiger partial charge in [0.15, 0.2) is 0 Å². The number of fused-ring (bicyclic) bond motifs is 4. The van der Waals surface area contributed by atoms with E-state index in [-0.39, 0.29) is 13.4 Å². The molecular formula is C75H79B2N. The van der Waals surface area contributed by atoms with Crippen molar-refractivity contribution < 1.29 is 0 Å². The minimum Gasteiger partial charge on any atom is -0.310 e. The standard InChI is InChI=1S/C75H79B2N/c1-46(2)56-41-61(48(5)6)73(62(42-56)49(7)8)76-67-27-21-22-28-68(67)77(74-63(50(9)10)43-57(47(3)4)44-64(74)51(11)12)70-45-55(33-36-69(70)76)54-31-34-60(35-32-54)78-71-37-29-52(13)39-65(71)75(58-23-17-15-18-24-58,59-25-19-16-20-26-59)66-40-53(14)30-38-72(66)78/h15-51H,1-14H3. The van der Waals surface area contributed by atoms with Crippen LogP contribution in [0.25, 0.3) is 11.1 Å². The Morgan fingerprint density at radius 3 is 1.10 bits per heavy atom. The average molecular weight is 1020 g/mol. The quantitative estimate of drug-likeness (QED) is 0.110. The van der Waals surface area contributed by atoms with Gasteiger partial charge in [-0.1, -0.05) is 291 Å². The second kappa shape index (κ2) is 20.9. The van der Waals surface area contributed by atoms with E-state index < -0.39 is 5.41 Å². The zero-order valence-corrected chi connectivity index (χ0v) is 49.0. The van der Waals surface area contributed by atoms with Crippen molar-refractivity contribution in [3.05, 3.63) is 255 Å². The van der Waals surface area contributed by atoms with Gasteiger partial charge in [-0.05, 0) is 140 Å². The highest BCUT2D eigenvalue weighted by molar-refractivity contribution is 7.11. The third-order valence-electron chi connectivity index (χ3n) is 17.7. The summed E-state index contributed by atoms with van der Waals surface area (Å²) in [7, 11) is 0. The van der Waals surface area contributed by atoms with Crippen LogP contribution in [-0.4, -0.2) is 13.4 Å². The van der Waals surface area contributed by atoms with Crippen LogP contribution < -0.4 is 37.7 Å². The van der Waals surface area contributed by atoms with Crippen LogP contribution in [0.1, 0.15) is 185 Å². The predicted molar refractivity (Wildman–Crippen MR) is 341 cm³/mol. The highest BCUT2D eigenvalue weighted by Crippen LogP contribution is 2.58. The first-order valence-corrected chi connectivity index (χ1v) is 29.3. The van der Waals surface area contributed by atoms with Gasteiger partial charge < -0.3 is 4.90 Å². The Labute approximate surface area is 469 Å². The lowest BCUT2D eigenvalue weighted by molar-refractivity contribution is 0.729. The van der Waals surface area contributed by atoms with E-state index in [9.17, 15) is 0 Å². The van der Waals surface area contributed by atoms with Gasteiger partial charge in [0.25, 0.3) is 0 Å². The summed E-state index contributed by atoms with van der Waals surface area (Å²) >= 11 is 0. The number of hydrogen-bond donors (Lipinski definition) is 0. The first-order chi connectivity index (χ1) is 37.5. The summed E-state index contributed by atoms with van der Waals surface area (Å²) in [6.07, 6.45) is 0. The number of aryl methyl sites for hydroxylation is 2. The van der Waals surface area contributed by atoms with E-state index in [2.05, 4.69) is 290 Å². The number of nitrogens with zero attached hydrogens (tertiary/aromatic N) is 1. The number of benzene rings is 9. The Bertz CT molecular complexity index is 3520. The van der Waals surface area contributed by atoms with E-state index >= 15 is 0 Å². The van der Waals surface area contributed by atoms with E-state index in [1.54, 1.807) is 0 Å². The maximum absolute atomic E-state index is 2.61. The fourth-order valence-electron chi connectivity index (χ4n) is 13.8. The van der Waals surface area contributed by atoms with Crippen molar-refractivity contribution in [3.8, 4) is 11.1 Å². The summed E-state index contributed by atoms with van der Waals surface area (Å²) in [5.74, 6) is 2.32. The topological polar surface area (TPSA) is 3.24 Å². The maximum Gasteiger partial charge on any atom is 0.240 e. The van der Waals surface area contributed by atoms with Crippen molar-refractivity contribution in [3.63, 3.8) is 0 Å². The largest absolute Gasteiger partial charge is 0.310 e. The summed E-state index contributed by atoms with van der Waals surface area (Å²) in [5, 5.41) is 0. The Balaban J connectivity index is 1.13. The summed E-state index contributed by atoms with van der Waals surface area (Å²) < 4.78 is 0. The first kappa shape index (κ1) is 52.9. The van der Waals surface area contributed by atoms with Gasteiger partial charge in [0.2, 0.25) is 13.4 Å². The SMILES string of the molecule is Cc1ccc2c(c1)C(c1ccccc1)(c1ccccc1)c1cc(C)ccc1N2c1ccc(-c2ccc3c(c2)B(c2c(C(C)C)cc(C(C)C)cc2C(C)C)c2ccccc2B3c2c(C(C)C)cc(C(C)C)cc2C(C)C)cc1. The van der Waals surface area contributed by atoms with E-state index in [4.69, 9.17) is 0 Å². The van der Waals surface area contributed by atoms with Gasteiger partial charge in [0.1, 0.15) is 0 Å². The minimum atomic E-state index is -0.528. The molecule has 0 fully saturated rings. The van der Waals surface area contributed by atoms with Gasteiger partial charge in [-0.2, -0.15) is 0 Å². The van der Waals surface area contributed by atoms with Crippen molar-refractivity contribution in [1.82, 2.24) is 0 Å². The molecule has 0 radical (unpaired) electrons. The molecule has 0 N–H and O–H groups in total. The van der Waals surface area contributed by atoms with Gasteiger partial charge >= 0.3 is 0 Å². The smallest absolute Gasteiger partial charge is 0.240 e. The zero-order valence-electron chi connectivity index (χ0n) is 49.0. The molecule has 3 heteroatoms. The molecule has 2 aliphatic heterocycles. The lowest BCUT2D eigenvalue weighted by Crippen LogP contribution is -2.76. The molecule has 2 aliphatic rings. The molecular weight excluding hydrogens is 936 g/mol. The summed E-state index contributed by atoms with van der Waals surface area (Å²) in [4.78, 5) is 2.52. The Morgan fingerprint density at radius 1 is 0.333 bits per heavy atom. The predicted octanol–water partition coefficient (Wildman–Crippen LogP) is 16.2. The van der Waals surface area contributed by atoms with Crippen LogP contribution in [0, 0.1) is 13.8 Å². The van der Waals surface area contributed by atoms with Crippen molar-refractivity contribution in [2.24, 2.45) is 0 Å². The molecule has 9 aromatic carbocycles. The monoisotopic (exact) mass is 1020 g/mol. The molecule has 0 saturated heterocycles. The van der Waals surface area contributed by atoms with E-state index in [1.807, 2.05) is 0 Å². The molecule has 0 atom stereocenters. The first-order valence-electron chi connectivity index (χ1n) is 29.3. The maximum atomic E-state index is 2.61. The molecule has 0 saturated carbocycles. The fourth-order valence-corrected chi connectivity index (χ4v) is 13.8. The van der Waals surface area contributed by atoms with Crippen LogP contribution in [0.15, 0.2) is 188 Å². The van der Waals surface area contributed by atoms with Gasteiger partial charge in [-0.25, -0.2) is 0 Å². The molecule has 11 rings (SSSR count). The van der Waals surface area contributed by atoms with Crippen molar-refractivity contribution >= 4 is 63.3 Å². The molecule has 0 unspecified atom stereocenters. The van der Waals surface area contributed by atoms with Gasteiger partial charge in [-0.15, -0.1) is 0 Å². The molecule has 9 aromatic rings. The second-order valence-corrected chi connectivity index (χ2v) is 24.9. The summed E-state index contributed by atoms with van der Waals surface area (Å²) in [5.41, 5.74) is 30.7. The van der Waals surface area contributed by atoms with Gasteiger partial charge in [0, 0.05) is 5.69 Å². The molecule has 390 valence electrons. The number of rotatable bonds is 12. The van der Waals surface area contributed by atoms with Crippen LogP contribution in [0.4, 0.5) is 17.1 Å². The zero-order chi connectivity index (χ0) is 54.9. The van der Waals surface area contributed by atoms with Crippen molar-refractivity contribution in [2.75, 3.05) is 4.90 Å². The fraction of sp³-hybridized carbons (Fsp3) is 0.280. The van der Waals surface area contributed by atoms with Crippen LogP contribution in [-0.2, 0) is 5.41 Å². The Morgan fingerprint density at radius 2 is 0.705 bits per heavy atom. The van der Waals surface area contributed by atoms with Crippen LogP contribution >= 0.6 is 0 Å². The third kappa shape index (κ3) is 8.91. The highest BCUT2D eigenvalue weighted by atomic mass is 15.2. The van der Waals surface area contributed by atoms with Crippen molar-refractivity contribution in [1.29, 1.82) is 0 Å². The molecule has 0 aliphatic carbocycles. The molecule has 0 spiro atoms. The van der Waals surface area contributed by atoms with Crippen LogP contribution in [0.3, 0.4) is 0 Å². The number of hydrogen-bond acceptors (Lipinski definition) is 1. The number of anilines is 3. The second-order valence-electron chi connectivity index (χ2n) is 24.9. The Hall–Kier alpha value is -7.09. The van der Waals surface area contributed by atoms with E-state index in [0.717, 1.165) is 5.69 Å². The normalized spacial score (nSPS) is 13.7. The molecule has 2 heterocycles. The van der Waals surface area contributed by atoms with Gasteiger partial charge in [0.05, 0.1) is 16.8 Å². The molecule has 1 nitrogen and oxygen atoms in total. The summed E-state index contributed by atoms with van der Waals surface area (Å²) in [6, 6.07) is 73.4.